The summed E-state index contributed by atoms with van der Waals surface area (Å²) in [7, 11) is 2.04. The van der Waals surface area contributed by atoms with Gasteiger partial charge < -0.3 is 17.2 Å². The summed E-state index contributed by atoms with van der Waals surface area (Å²) in [5, 5.41) is 21.3. The van der Waals surface area contributed by atoms with Crippen LogP contribution < -0.4 is 21.8 Å². The highest BCUT2D eigenvalue weighted by Crippen LogP contribution is 1.85. The van der Waals surface area contributed by atoms with Crippen molar-refractivity contribution in [1.29, 1.82) is 15.8 Å². The Morgan fingerprint density at radius 3 is 1.79 bits per heavy atom. The van der Waals surface area contributed by atoms with Gasteiger partial charge in [0, 0.05) is 0 Å². The molecule has 6 N–H and O–H groups in total. The van der Waals surface area contributed by atoms with Gasteiger partial charge in [-0.1, -0.05) is 13.3 Å². The summed E-state index contributed by atoms with van der Waals surface area (Å²) in [5.41, 5.74) is 12.5. The summed E-state index contributed by atoms with van der Waals surface area (Å²) in [6, 6.07) is 0. The molecule has 1 rings (SSSR count). The number of aryl methyl sites for hydroxylation is 2. The smallest absolute Gasteiger partial charge is 0.243 e. The lowest BCUT2D eigenvalue weighted by atomic mass is 10.3. The molecule has 0 fully saturated rings. The number of imidazole rings is 1. The molecule has 0 aliphatic rings. The zero-order valence-electron chi connectivity index (χ0n) is 11.3. The molecule has 0 aliphatic heterocycles. The van der Waals surface area contributed by atoms with Crippen LogP contribution in [0.1, 0.15) is 19.8 Å². The van der Waals surface area contributed by atoms with Crippen LogP contribution in [-0.2, 0) is 13.6 Å². The molecule has 104 valence electrons. The quantitative estimate of drug-likeness (QED) is 0.375. The molecule has 0 aliphatic carbocycles. The first-order valence-electron chi connectivity index (χ1n) is 5.37. The van der Waals surface area contributed by atoms with E-state index in [0.717, 1.165) is 6.54 Å². The molecule has 8 nitrogen and oxygen atoms in total. The van der Waals surface area contributed by atoms with Crippen molar-refractivity contribution in [3.05, 3.63) is 18.7 Å². The van der Waals surface area contributed by atoms with Gasteiger partial charge in [0.1, 0.15) is 12.4 Å². The van der Waals surface area contributed by atoms with Crippen molar-refractivity contribution in [1.82, 2.24) is 4.57 Å². The Balaban J connectivity index is -0.000000238. The van der Waals surface area contributed by atoms with Crippen LogP contribution in [0.3, 0.4) is 0 Å². The van der Waals surface area contributed by atoms with E-state index in [1.807, 2.05) is 7.05 Å². The first-order chi connectivity index (χ1) is 9.07. The molecule has 0 atom stereocenters. The Bertz CT molecular complexity index is 375. The maximum Gasteiger partial charge on any atom is 0.243 e. The van der Waals surface area contributed by atoms with Crippen LogP contribution in [0.25, 0.3) is 0 Å². The lowest BCUT2D eigenvalue weighted by Gasteiger charge is -1.90. The van der Waals surface area contributed by atoms with Gasteiger partial charge >= 0.3 is 0 Å². The van der Waals surface area contributed by atoms with Crippen LogP contribution in [0, 0.1) is 34.4 Å². The van der Waals surface area contributed by atoms with Gasteiger partial charge in [0.25, 0.3) is 0 Å². The molecule has 0 amide bonds. The van der Waals surface area contributed by atoms with Gasteiger partial charge in [-0.3, -0.25) is 0 Å². The van der Waals surface area contributed by atoms with Gasteiger partial charge in [-0.25, -0.2) is 9.13 Å². The maximum atomic E-state index is 7.10. The second-order valence-corrected chi connectivity index (χ2v) is 3.06. The van der Waals surface area contributed by atoms with Gasteiger partial charge in [-0.05, 0) is 6.42 Å². The van der Waals surface area contributed by atoms with Crippen molar-refractivity contribution < 1.29 is 4.57 Å². The van der Waals surface area contributed by atoms with Crippen LogP contribution in [0.4, 0.5) is 0 Å². The van der Waals surface area contributed by atoms with Crippen molar-refractivity contribution in [2.24, 2.45) is 24.2 Å². The zero-order chi connectivity index (χ0) is 15.5. The lowest BCUT2D eigenvalue weighted by molar-refractivity contribution is -0.696. The van der Waals surface area contributed by atoms with Gasteiger partial charge in [0.05, 0.1) is 13.6 Å². The molecule has 0 saturated heterocycles. The van der Waals surface area contributed by atoms with E-state index in [-0.39, 0.29) is 0 Å². The standard InChI is InChI=1S/C8H15N2.3CH2N2/c1-3-4-5-10-7-6-9(2)8-10;3*2-1-3/h6-8H,3-5H2,1-2H3;3*2H2/q+1;;;. The number of rotatable bonds is 3. The summed E-state index contributed by atoms with van der Waals surface area (Å²) in [5.74, 6) is 0. The molecule has 1 aromatic rings. The number of hydrogen-bond acceptors (Lipinski definition) is 6. The SMILES string of the molecule is CCCC[n+]1ccn(C)c1.N#CN.N#CN.N#CN. The minimum absolute atomic E-state index is 1.15. The van der Waals surface area contributed by atoms with E-state index in [4.69, 9.17) is 15.8 Å². The highest BCUT2D eigenvalue weighted by molar-refractivity contribution is 4.61. The normalized spacial score (nSPS) is 6.47. The monoisotopic (exact) mass is 265 g/mol. The third kappa shape index (κ3) is 25.4. The summed E-state index contributed by atoms with van der Waals surface area (Å²) in [6.45, 7) is 3.36. The van der Waals surface area contributed by atoms with Gasteiger partial charge in [-0.15, -0.1) is 0 Å². The van der Waals surface area contributed by atoms with Crippen LogP contribution in [-0.4, -0.2) is 4.57 Å². The summed E-state index contributed by atoms with van der Waals surface area (Å²) >= 11 is 0. The summed E-state index contributed by atoms with van der Waals surface area (Å²) in [4.78, 5) is 0. The number of nitriles is 3. The topological polar surface area (TPSA) is 158 Å². The maximum absolute atomic E-state index is 7.10. The molecule has 0 bridgehead atoms. The van der Waals surface area contributed by atoms with E-state index in [9.17, 15) is 0 Å². The Morgan fingerprint density at radius 1 is 1.11 bits per heavy atom. The molecule has 8 heteroatoms. The molecular formula is C11H21N8+. The molecule has 19 heavy (non-hydrogen) atoms. The summed E-state index contributed by atoms with van der Waals surface area (Å²) < 4.78 is 4.28. The fourth-order valence-corrected chi connectivity index (χ4v) is 0.975. The predicted molar refractivity (Wildman–Crippen MR) is 69.9 cm³/mol. The Morgan fingerprint density at radius 2 is 1.53 bits per heavy atom. The largest absolute Gasteiger partial charge is 0.337 e. The average molecular weight is 265 g/mol. The van der Waals surface area contributed by atoms with E-state index in [2.05, 4.69) is 52.0 Å². The predicted octanol–water partition coefficient (Wildman–Crippen LogP) is -0.609. The van der Waals surface area contributed by atoms with E-state index in [0.29, 0.717) is 0 Å². The number of nitrogens with zero attached hydrogens (tertiary/aromatic N) is 5. The third-order valence-electron chi connectivity index (χ3n) is 1.59. The Hall–Kier alpha value is -2.92. The zero-order valence-corrected chi connectivity index (χ0v) is 11.3. The fraction of sp³-hybridized carbons (Fsp3) is 0.455. The molecule has 0 radical (unpaired) electrons. The average Bonchev–Trinajstić information content (AvgIpc) is 2.76. The van der Waals surface area contributed by atoms with Crippen molar-refractivity contribution in [3.63, 3.8) is 0 Å². The van der Waals surface area contributed by atoms with Gasteiger partial charge in [0.2, 0.25) is 6.33 Å². The second kappa shape index (κ2) is 20.5. The van der Waals surface area contributed by atoms with Crippen LogP contribution in [0.15, 0.2) is 18.7 Å². The van der Waals surface area contributed by atoms with E-state index in [1.54, 1.807) is 0 Å². The summed E-state index contributed by atoms with van der Waals surface area (Å²) in [6.07, 6.45) is 12.6. The number of hydrogen-bond donors (Lipinski definition) is 3. The second-order valence-electron chi connectivity index (χ2n) is 3.06. The van der Waals surface area contributed by atoms with Crippen molar-refractivity contribution in [3.8, 4) is 18.6 Å². The van der Waals surface area contributed by atoms with Crippen molar-refractivity contribution >= 4 is 0 Å². The minimum Gasteiger partial charge on any atom is -0.337 e. The number of unbranched alkanes of at least 4 members (excludes halogenated alkanes) is 1. The third-order valence-corrected chi connectivity index (χ3v) is 1.59. The number of nitrogens with two attached hydrogens (primary N) is 3. The molecule has 0 unspecified atom stereocenters. The molecular weight excluding hydrogens is 244 g/mol. The fourth-order valence-electron chi connectivity index (χ4n) is 0.975. The highest BCUT2D eigenvalue weighted by atomic mass is 15.1. The molecule has 0 aromatic carbocycles. The van der Waals surface area contributed by atoms with Crippen molar-refractivity contribution in [2.45, 2.75) is 26.3 Å². The Labute approximate surface area is 113 Å². The van der Waals surface area contributed by atoms with E-state index in [1.165, 1.54) is 31.4 Å². The Kier molecular flexibility index (Phi) is 23.0. The van der Waals surface area contributed by atoms with E-state index >= 15 is 0 Å². The number of aromatic nitrogens is 2. The van der Waals surface area contributed by atoms with Crippen LogP contribution in [0.2, 0.25) is 0 Å². The minimum atomic E-state index is 1.15. The molecule has 0 saturated carbocycles. The van der Waals surface area contributed by atoms with E-state index < -0.39 is 0 Å². The highest BCUT2D eigenvalue weighted by Gasteiger charge is 1.96. The molecule has 1 aromatic heterocycles. The van der Waals surface area contributed by atoms with Gasteiger partial charge in [-0.2, -0.15) is 15.8 Å². The van der Waals surface area contributed by atoms with Crippen molar-refractivity contribution in [2.75, 3.05) is 0 Å². The lowest BCUT2D eigenvalue weighted by Crippen LogP contribution is -2.30. The van der Waals surface area contributed by atoms with Gasteiger partial charge in [0.15, 0.2) is 18.6 Å². The van der Waals surface area contributed by atoms with Crippen LogP contribution >= 0.6 is 0 Å². The molecule has 0 spiro atoms. The van der Waals surface area contributed by atoms with Crippen LogP contribution in [0.5, 0.6) is 0 Å². The molecule has 1 heterocycles. The first kappa shape index (κ1) is 21.4. The first-order valence-corrected chi connectivity index (χ1v) is 5.37.